The molecule has 2 aliphatic rings. The van der Waals surface area contributed by atoms with Gasteiger partial charge in [-0.3, -0.25) is 4.90 Å². The Morgan fingerprint density at radius 3 is 2.24 bits per heavy atom. The number of quaternary nitrogens is 1. The fraction of sp³-hybridized carbons (Fsp3) is 1.00. The van der Waals surface area contributed by atoms with Crippen LogP contribution in [0.4, 0.5) is 0 Å². The zero-order valence-electron chi connectivity index (χ0n) is 12.7. The van der Waals surface area contributed by atoms with Gasteiger partial charge in [-0.15, -0.1) is 0 Å². The maximum absolute atomic E-state index is 2.66. The van der Waals surface area contributed by atoms with E-state index < -0.39 is 0 Å². The van der Waals surface area contributed by atoms with Crippen molar-refractivity contribution < 1.29 is 4.48 Å². The Morgan fingerprint density at radius 2 is 1.76 bits per heavy atom. The van der Waals surface area contributed by atoms with E-state index in [1.807, 2.05) is 0 Å². The van der Waals surface area contributed by atoms with Crippen molar-refractivity contribution in [3.8, 4) is 0 Å². The first-order chi connectivity index (χ1) is 7.67. The lowest BCUT2D eigenvalue weighted by Gasteiger charge is -2.60. The highest BCUT2D eigenvalue weighted by Crippen LogP contribution is 2.44. The van der Waals surface area contributed by atoms with Crippen molar-refractivity contribution in [2.24, 2.45) is 5.41 Å². The standard InChI is InChI=1S/C15H31N2/c1-13(2)17(6)9-7-8-15(12-17)10-16(11-15)14(3,4)5/h13H,7-12H2,1-6H3/q+1. The molecule has 2 nitrogen and oxygen atoms in total. The number of likely N-dealkylation sites (tertiary alicyclic amines) is 2. The van der Waals surface area contributed by atoms with Gasteiger partial charge in [-0.1, -0.05) is 0 Å². The van der Waals surface area contributed by atoms with E-state index in [1.54, 1.807) is 0 Å². The summed E-state index contributed by atoms with van der Waals surface area (Å²) in [6.07, 6.45) is 2.88. The van der Waals surface area contributed by atoms with Crippen molar-refractivity contribution in [3.05, 3.63) is 0 Å². The normalized spacial score (nSPS) is 34.1. The summed E-state index contributed by atoms with van der Waals surface area (Å²) in [6.45, 7) is 17.3. The zero-order chi connectivity index (χ0) is 12.9. The maximum atomic E-state index is 2.66. The first kappa shape index (κ1) is 13.4. The molecule has 1 atom stereocenters. The SMILES string of the molecule is CC(C)[N+]1(C)CCCC2(CN(C(C)(C)C)C2)C1. The second-order valence-electron chi connectivity index (χ2n) is 8.09. The topological polar surface area (TPSA) is 3.24 Å². The van der Waals surface area contributed by atoms with E-state index in [9.17, 15) is 0 Å². The smallest absolute Gasteiger partial charge is 0.0868 e. The first-order valence-electron chi connectivity index (χ1n) is 7.26. The number of hydrogen-bond donors (Lipinski definition) is 0. The van der Waals surface area contributed by atoms with Gasteiger partial charge in [0.25, 0.3) is 0 Å². The summed E-state index contributed by atoms with van der Waals surface area (Å²) in [7, 11) is 2.46. The lowest BCUT2D eigenvalue weighted by molar-refractivity contribution is -0.942. The van der Waals surface area contributed by atoms with Crippen molar-refractivity contribution in [2.75, 3.05) is 33.2 Å². The van der Waals surface area contributed by atoms with E-state index in [0.717, 1.165) is 6.04 Å². The van der Waals surface area contributed by atoms with Gasteiger partial charge in [-0.05, 0) is 47.5 Å². The fourth-order valence-corrected chi connectivity index (χ4v) is 3.68. The number of piperidine rings is 1. The van der Waals surface area contributed by atoms with Crippen LogP contribution in [0, 0.1) is 5.41 Å². The summed E-state index contributed by atoms with van der Waals surface area (Å²) < 4.78 is 1.29. The predicted molar refractivity (Wildman–Crippen MR) is 74.0 cm³/mol. The van der Waals surface area contributed by atoms with Crippen LogP contribution in [0.25, 0.3) is 0 Å². The van der Waals surface area contributed by atoms with Gasteiger partial charge >= 0.3 is 0 Å². The Morgan fingerprint density at radius 1 is 1.18 bits per heavy atom. The van der Waals surface area contributed by atoms with E-state index in [2.05, 4.69) is 46.6 Å². The second kappa shape index (κ2) is 3.96. The third kappa shape index (κ3) is 2.39. The molecule has 2 heteroatoms. The van der Waals surface area contributed by atoms with Crippen LogP contribution in [0.1, 0.15) is 47.5 Å². The highest BCUT2D eigenvalue weighted by atomic mass is 15.4. The van der Waals surface area contributed by atoms with Crippen LogP contribution >= 0.6 is 0 Å². The minimum absolute atomic E-state index is 0.365. The Bertz CT molecular complexity index is 284. The lowest BCUT2D eigenvalue weighted by atomic mass is 9.70. The molecule has 17 heavy (non-hydrogen) atoms. The minimum Gasteiger partial charge on any atom is -0.324 e. The third-order valence-electron chi connectivity index (χ3n) is 5.32. The first-order valence-corrected chi connectivity index (χ1v) is 7.26. The number of hydrogen-bond acceptors (Lipinski definition) is 1. The van der Waals surface area contributed by atoms with Crippen LogP contribution in [-0.4, -0.2) is 54.2 Å². The molecule has 0 bridgehead atoms. The Kier molecular flexibility index (Phi) is 3.11. The van der Waals surface area contributed by atoms with Gasteiger partial charge in [0.15, 0.2) is 0 Å². The van der Waals surface area contributed by atoms with Crippen LogP contribution in [0.5, 0.6) is 0 Å². The van der Waals surface area contributed by atoms with Crippen molar-refractivity contribution in [2.45, 2.75) is 59.0 Å². The summed E-state index contributed by atoms with van der Waals surface area (Å²) in [5.74, 6) is 0. The molecule has 0 radical (unpaired) electrons. The lowest BCUT2D eigenvalue weighted by Crippen LogP contribution is -2.71. The van der Waals surface area contributed by atoms with Crippen LogP contribution in [0.3, 0.4) is 0 Å². The fourth-order valence-electron chi connectivity index (χ4n) is 3.68. The van der Waals surface area contributed by atoms with Gasteiger partial charge in [0.1, 0.15) is 0 Å². The second-order valence-corrected chi connectivity index (χ2v) is 8.09. The summed E-state index contributed by atoms with van der Waals surface area (Å²) in [4.78, 5) is 2.66. The van der Waals surface area contributed by atoms with Gasteiger partial charge in [0.05, 0.1) is 26.2 Å². The molecule has 2 rings (SSSR count). The van der Waals surface area contributed by atoms with Gasteiger partial charge in [-0.2, -0.15) is 0 Å². The van der Waals surface area contributed by atoms with Crippen LogP contribution in [-0.2, 0) is 0 Å². The van der Waals surface area contributed by atoms with Crippen LogP contribution in [0.2, 0.25) is 0 Å². The van der Waals surface area contributed by atoms with E-state index in [4.69, 9.17) is 0 Å². The van der Waals surface area contributed by atoms with Gasteiger partial charge < -0.3 is 4.48 Å². The Labute approximate surface area is 108 Å². The van der Waals surface area contributed by atoms with Gasteiger partial charge in [0.2, 0.25) is 0 Å². The largest absolute Gasteiger partial charge is 0.324 e. The molecule has 1 spiro atoms. The monoisotopic (exact) mass is 239 g/mol. The van der Waals surface area contributed by atoms with Crippen molar-refractivity contribution in [3.63, 3.8) is 0 Å². The van der Waals surface area contributed by atoms with Gasteiger partial charge in [0, 0.05) is 24.0 Å². The van der Waals surface area contributed by atoms with Crippen molar-refractivity contribution in [1.29, 1.82) is 0 Å². The maximum Gasteiger partial charge on any atom is 0.0868 e. The summed E-state index contributed by atoms with van der Waals surface area (Å²) in [5.41, 5.74) is 1.01. The predicted octanol–water partition coefficient (Wildman–Crippen LogP) is 2.74. The Balaban J connectivity index is 2.01. The molecule has 0 saturated carbocycles. The molecule has 0 aliphatic carbocycles. The van der Waals surface area contributed by atoms with Crippen LogP contribution < -0.4 is 0 Å². The third-order valence-corrected chi connectivity index (χ3v) is 5.32. The average molecular weight is 239 g/mol. The summed E-state index contributed by atoms with van der Waals surface area (Å²) in [6, 6.07) is 0.774. The molecule has 0 N–H and O–H groups in total. The molecule has 2 aliphatic heterocycles. The molecule has 0 aromatic rings. The average Bonchev–Trinajstić information content (AvgIpc) is 2.12. The number of rotatable bonds is 1. The number of nitrogens with zero attached hydrogens (tertiary/aromatic N) is 2. The molecule has 2 heterocycles. The van der Waals surface area contributed by atoms with E-state index in [-0.39, 0.29) is 0 Å². The van der Waals surface area contributed by atoms with E-state index >= 15 is 0 Å². The minimum atomic E-state index is 0.365. The molecule has 100 valence electrons. The van der Waals surface area contributed by atoms with E-state index in [0.29, 0.717) is 11.0 Å². The molecule has 0 aromatic carbocycles. The molecular weight excluding hydrogens is 208 g/mol. The molecule has 2 fully saturated rings. The quantitative estimate of drug-likeness (QED) is 0.636. The highest BCUT2D eigenvalue weighted by Gasteiger charge is 2.53. The van der Waals surface area contributed by atoms with Gasteiger partial charge in [-0.25, -0.2) is 0 Å². The van der Waals surface area contributed by atoms with E-state index in [1.165, 1.54) is 43.5 Å². The molecule has 1 unspecified atom stereocenters. The van der Waals surface area contributed by atoms with Crippen molar-refractivity contribution >= 4 is 0 Å². The molecule has 0 amide bonds. The zero-order valence-corrected chi connectivity index (χ0v) is 12.7. The highest BCUT2D eigenvalue weighted by molar-refractivity contribution is 5.00. The molecule has 0 aromatic heterocycles. The van der Waals surface area contributed by atoms with Crippen molar-refractivity contribution in [1.82, 2.24) is 4.90 Å². The summed E-state index contributed by atoms with van der Waals surface area (Å²) in [5, 5.41) is 0. The Hall–Kier alpha value is -0.0800. The summed E-state index contributed by atoms with van der Waals surface area (Å²) >= 11 is 0. The molecule has 2 saturated heterocycles. The molecular formula is C15H31N2+. The van der Waals surface area contributed by atoms with Crippen LogP contribution in [0.15, 0.2) is 0 Å².